The van der Waals surface area contributed by atoms with Gasteiger partial charge in [0.15, 0.2) is 0 Å². The SMILES string of the molecule is CC(C)COc1ncc(N(C)C)cc1C1(C(=O)N=S(=O)=O)CC1. The maximum atomic E-state index is 12.3. The topological polar surface area (TPSA) is 88.9 Å². The van der Waals surface area contributed by atoms with E-state index in [2.05, 4.69) is 9.35 Å². The number of rotatable bonds is 6. The minimum atomic E-state index is -2.75. The van der Waals surface area contributed by atoms with Crippen LogP contribution >= 0.6 is 0 Å². The van der Waals surface area contributed by atoms with E-state index in [1.165, 1.54) is 0 Å². The van der Waals surface area contributed by atoms with Crippen LogP contribution in [0.1, 0.15) is 32.3 Å². The van der Waals surface area contributed by atoms with Crippen LogP contribution in [0, 0.1) is 5.92 Å². The molecule has 0 atom stereocenters. The molecule has 0 N–H and O–H groups in total. The number of aromatic nitrogens is 1. The molecule has 1 aromatic rings. The summed E-state index contributed by atoms with van der Waals surface area (Å²) < 4.78 is 30.4. The zero-order chi connectivity index (χ0) is 17.2. The Morgan fingerprint density at radius 3 is 2.57 bits per heavy atom. The second kappa shape index (κ2) is 6.66. The second-order valence-corrected chi connectivity index (χ2v) is 6.96. The van der Waals surface area contributed by atoms with Crippen LogP contribution in [0.15, 0.2) is 16.6 Å². The van der Waals surface area contributed by atoms with Crippen molar-refractivity contribution >= 4 is 22.1 Å². The maximum absolute atomic E-state index is 12.3. The average Bonchev–Trinajstić information content (AvgIpc) is 3.25. The van der Waals surface area contributed by atoms with E-state index in [0.717, 1.165) is 5.69 Å². The molecule has 0 spiro atoms. The first kappa shape index (κ1) is 17.4. The normalized spacial score (nSPS) is 15.2. The van der Waals surface area contributed by atoms with Crippen LogP contribution < -0.4 is 9.64 Å². The van der Waals surface area contributed by atoms with Gasteiger partial charge in [-0.05, 0) is 24.8 Å². The molecule has 1 heterocycles. The number of hydrogen-bond acceptors (Lipinski definition) is 6. The summed E-state index contributed by atoms with van der Waals surface area (Å²) in [5.41, 5.74) is 0.508. The maximum Gasteiger partial charge on any atom is 0.319 e. The fourth-order valence-electron chi connectivity index (χ4n) is 2.27. The number of ether oxygens (including phenoxy) is 1. The van der Waals surface area contributed by atoms with Gasteiger partial charge in [0.25, 0.3) is 5.91 Å². The van der Waals surface area contributed by atoms with Gasteiger partial charge in [-0.1, -0.05) is 18.2 Å². The lowest BCUT2D eigenvalue weighted by Gasteiger charge is -2.20. The molecule has 0 radical (unpaired) electrons. The summed E-state index contributed by atoms with van der Waals surface area (Å²) >= 11 is 0. The number of carbonyl (C=O) groups excluding carboxylic acids is 1. The molecule has 1 amide bonds. The number of amides is 1. The lowest BCUT2D eigenvalue weighted by Crippen LogP contribution is -2.22. The summed E-state index contributed by atoms with van der Waals surface area (Å²) in [7, 11) is 0.984. The predicted octanol–water partition coefficient (Wildman–Crippen LogP) is 1.80. The number of anilines is 1. The van der Waals surface area contributed by atoms with Gasteiger partial charge in [0.1, 0.15) is 0 Å². The van der Waals surface area contributed by atoms with Crippen LogP contribution in [0.3, 0.4) is 0 Å². The van der Waals surface area contributed by atoms with E-state index in [4.69, 9.17) is 4.74 Å². The molecule has 0 saturated heterocycles. The molecule has 7 nitrogen and oxygen atoms in total. The van der Waals surface area contributed by atoms with Crippen molar-refractivity contribution in [1.29, 1.82) is 0 Å². The number of carbonyl (C=O) groups is 1. The third kappa shape index (κ3) is 3.87. The first-order chi connectivity index (χ1) is 10.8. The fraction of sp³-hybridized carbons (Fsp3) is 0.600. The Bertz CT molecular complexity index is 729. The number of hydrogen-bond donors (Lipinski definition) is 0. The number of pyridine rings is 1. The Kier molecular flexibility index (Phi) is 5.03. The van der Waals surface area contributed by atoms with Gasteiger partial charge in [-0.3, -0.25) is 4.79 Å². The van der Waals surface area contributed by atoms with Gasteiger partial charge in [-0.25, -0.2) is 4.98 Å². The van der Waals surface area contributed by atoms with Crippen LogP contribution in [0.4, 0.5) is 5.69 Å². The van der Waals surface area contributed by atoms with Crippen molar-refractivity contribution in [2.45, 2.75) is 32.1 Å². The van der Waals surface area contributed by atoms with Crippen molar-refractivity contribution in [3.8, 4) is 5.88 Å². The predicted molar refractivity (Wildman–Crippen MR) is 86.2 cm³/mol. The summed E-state index contributed by atoms with van der Waals surface area (Å²) in [6.45, 7) is 4.50. The summed E-state index contributed by atoms with van der Waals surface area (Å²) in [6.07, 6.45) is 2.76. The Hall–Kier alpha value is -1.96. The van der Waals surface area contributed by atoms with Crippen molar-refractivity contribution in [1.82, 2.24) is 4.98 Å². The zero-order valence-electron chi connectivity index (χ0n) is 13.7. The molecular formula is C15H21N3O4S. The monoisotopic (exact) mass is 339 g/mol. The van der Waals surface area contributed by atoms with Gasteiger partial charge in [0, 0.05) is 19.7 Å². The smallest absolute Gasteiger partial charge is 0.319 e. The van der Waals surface area contributed by atoms with E-state index in [0.29, 0.717) is 36.8 Å². The average molecular weight is 339 g/mol. The summed E-state index contributed by atoms with van der Waals surface area (Å²) in [6, 6.07) is 1.83. The van der Waals surface area contributed by atoms with Gasteiger partial charge < -0.3 is 9.64 Å². The molecule has 1 aliphatic rings. The quantitative estimate of drug-likeness (QED) is 0.785. The van der Waals surface area contributed by atoms with Crippen molar-refractivity contribution in [2.75, 3.05) is 25.6 Å². The highest BCUT2D eigenvalue weighted by Crippen LogP contribution is 2.52. The highest BCUT2D eigenvalue weighted by molar-refractivity contribution is 7.62. The van der Waals surface area contributed by atoms with Crippen molar-refractivity contribution in [2.24, 2.45) is 10.3 Å². The van der Waals surface area contributed by atoms with E-state index in [-0.39, 0.29) is 0 Å². The zero-order valence-corrected chi connectivity index (χ0v) is 14.6. The van der Waals surface area contributed by atoms with Crippen molar-refractivity contribution in [3.63, 3.8) is 0 Å². The molecule has 1 aromatic heterocycles. The lowest BCUT2D eigenvalue weighted by atomic mass is 9.96. The Morgan fingerprint density at radius 2 is 2.09 bits per heavy atom. The summed E-state index contributed by atoms with van der Waals surface area (Å²) in [5.74, 6) is 0.0304. The van der Waals surface area contributed by atoms with E-state index >= 15 is 0 Å². The van der Waals surface area contributed by atoms with E-state index in [9.17, 15) is 13.2 Å². The standard InChI is InChI=1S/C15H21N3O4S/c1-10(2)9-22-13-12(7-11(8-16-13)18(3)4)15(5-6-15)14(19)17-23(20)21/h7-8,10H,5-6,9H2,1-4H3. The van der Waals surface area contributed by atoms with E-state index in [1.54, 1.807) is 6.20 Å². The van der Waals surface area contributed by atoms with Crippen molar-refractivity contribution < 1.29 is 17.9 Å². The first-order valence-electron chi connectivity index (χ1n) is 7.42. The van der Waals surface area contributed by atoms with Crippen LogP contribution in [-0.2, 0) is 20.7 Å². The summed E-state index contributed by atoms with van der Waals surface area (Å²) in [5, 5.41) is 0. The minimum Gasteiger partial charge on any atom is -0.477 e. The first-order valence-corrected chi connectivity index (χ1v) is 8.45. The van der Waals surface area contributed by atoms with Gasteiger partial charge in [-0.15, -0.1) is 0 Å². The fourth-order valence-corrected chi connectivity index (χ4v) is 2.58. The van der Waals surface area contributed by atoms with Crippen molar-refractivity contribution in [3.05, 3.63) is 17.8 Å². The molecule has 0 bridgehead atoms. The molecule has 0 aliphatic heterocycles. The molecule has 1 fully saturated rings. The summed E-state index contributed by atoms with van der Waals surface area (Å²) in [4.78, 5) is 18.4. The molecule has 0 aromatic carbocycles. The lowest BCUT2D eigenvalue weighted by molar-refractivity contribution is -0.120. The molecule has 23 heavy (non-hydrogen) atoms. The van der Waals surface area contributed by atoms with Crippen LogP contribution in [0.5, 0.6) is 5.88 Å². The van der Waals surface area contributed by atoms with Gasteiger partial charge in [-0.2, -0.15) is 8.42 Å². The van der Waals surface area contributed by atoms with Gasteiger partial charge >= 0.3 is 10.5 Å². The largest absolute Gasteiger partial charge is 0.477 e. The Morgan fingerprint density at radius 1 is 1.43 bits per heavy atom. The van der Waals surface area contributed by atoms with Crippen LogP contribution in [-0.4, -0.2) is 40.0 Å². The molecule has 2 rings (SSSR count). The highest BCUT2D eigenvalue weighted by atomic mass is 32.2. The highest BCUT2D eigenvalue weighted by Gasteiger charge is 2.54. The van der Waals surface area contributed by atoms with Gasteiger partial charge in [0.2, 0.25) is 5.88 Å². The van der Waals surface area contributed by atoms with E-state index in [1.807, 2.05) is 38.9 Å². The van der Waals surface area contributed by atoms with Crippen LogP contribution in [0.2, 0.25) is 0 Å². The Balaban J connectivity index is 2.47. The molecule has 1 saturated carbocycles. The molecular weight excluding hydrogens is 318 g/mol. The minimum absolute atomic E-state index is 0.308. The molecule has 8 heteroatoms. The third-order valence-corrected chi connectivity index (χ3v) is 4.05. The van der Waals surface area contributed by atoms with Crippen LogP contribution in [0.25, 0.3) is 0 Å². The Labute approximate surface area is 137 Å². The van der Waals surface area contributed by atoms with Gasteiger partial charge in [0.05, 0.1) is 23.9 Å². The number of nitrogens with zero attached hydrogens (tertiary/aromatic N) is 3. The molecule has 0 unspecified atom stereocenters. The molecule has 126 valence electrons. The molecule has 1 aliphatic carbocycles. The third-order valence-electron chi connectivity index (χ3n) is 3.74. The van der Waals surface area contributed by atoms with E-state index < -0.39 is 21.8 Å². The second-order valence-electron chi connectivity index (χ2n) is 6.34.